The first-order valence-electron chi connectivity index (χ1n) is 5.38. The summed E-state index contributed by atoms with van der Waals surface area (Å²) in [6, 6.07) is 5.31. The highest BCUT2D eigenvalue weighted by Gasteiger charge is 2.22. The maximum absolute atomic E-state index is 12.9. The fraction of sp³-hybridized carbons (Fsp3) is 0.500. The van der Waals surface area contributed by atoms with Crippen molar-refractivity contribution in [3.8, 4) is 0 Å². The van der Waals surface area contributed by atoms with Gasteiger partial charge in [-0.25, -0.2) is 4.39 Å². The zero-order chi connectivity index (χ0) is 10.8. The van der Waals surface area contributed by atoms with E-state index in [-0.39, 0.29) is 10.8 Å². The Balaban J connectivity index is 2.07. The van der Waals surface area contributed by atoms with Crippen molar-refractivity contribution >= 4 is 17.3 Å². The lowest BCUT2D eigenvalue weighted by Crippen LogP contribution is -2.21. The molecule has 1 aromatic carbocycles. The first kappa shape index (κ1) is 10.7. The van der Waals surface area contributed by atoms with Gasteiger partial charge in [0.05, 0.1) is 5.02 Å². The first-order valence-corrected chi connectivity index (χ1v) is 5.76. The van der Waals surface area contributed by atoms with E-state index >= 15 is 0 Å². The summed E-state index contributed by atoms with van der Waals surface area (Å²) in [6.45, 7) is 2.25. The zero-order valence-electron chi connectivity index (χ0n) is 8.76. The number of benzene rings is 1. The Kier molecular flexibility index (Phi) is 3.15. The number of hydrogen-bond donors (Lipinski definition) is 1. The van der Waals surface area contributed by atoms with Crippen LogP contribution in [0.1, 0.15) is 26.2 Å². The fourth-order valence-corrected chi connectivity index (χ4v) is 2.34. The summed E-state index contributed by atoms with van der Waals surface area (Å²) in [6.07, 6.45) is 3.73. The van der Waals surface area contributed by atoms with Gasteiger partial charge in [-0.1, -0.05) is 24.9 Å². The summed E-state index contributed by atoms with van der Waals surface area (Å²) in [5.41, 5.74) is 0.917. The van der Waals surface area contributed by atoms with Crippen molar-refractivity contribution in [3.63, 3.8) is 0 Å². The van der Waals surface area contributed by atoms with Crippen LogP contribution in [0.15, 0.2) is 18.2 Å². The fourth-order valence-electron chi connectivity index (χ4n) is 2.16. The Bertz CT molecular complexity index is 353. The summed E-state index contributed by atoms with van der Waals surface area (Å²) in [4.78, 5) is 0. The van der Waals surface area contributed by atoms with Crippen LogP contribution >= 0.6 is 11.6 Å². The predicted molar refractivity (Wildman–Crippen MR) is 61.8 cm³/mol. The molecule has 1 fully saturated rings. The smallest absolute Gasteiger partial charge is 0.141 e. The first-order chi connectivity index (χ1) is 7.16. The van der Waals surface area contributed by atoms with Gasteiger partial charge < -0.3 is 5.32 Å². The second kappa shape index (κ2) is 4.40. The van der Waals surface area contributed by atoms with Crippen molar-refractivity contribution in [2.24, 2.45) is 5.92 Å². The maximum atomic E-state index is 12.9. The Morgan fingerprint density at radius 2 is 2.20 bits per heavy atom. The third kappa shape index (κ3) is 2.43. The topological polar surface area (TPSA) is 12.0 Å². The summed E-state index contributed by atoms with van der Waals surface area (Å²) in [5.74, 6) is 0.329. The minimum Gasteiger partial charge on any atom is -0.382 e. The normalized spacial score (nSPS) is 25.5. The van der Waals surface area contributed by atoms with Crippen LogP contribution in [0.4, 0.5) is 10.1 Å². The van der Waals surface area contributed by atoms with Crippen molar-refractivity contribution in [1.82, 2.24) is 0 Å². The molecule has 0 saturated heterocycles. The molecule has 0 radical (unpaired) electrons. The van der Waals surface area contributed by atoms with Gasteiger partial charge in [0.2, 0.25) is 0 Å². The van der Waals surface area contributed by atoms with Crippen LogP contribution in [-0.4, -0.2) is 6.04 Å². The molecule has 3 heteroatoms. The predicted octanol–water partition coefficient (Wildman–Crippen LogP) is 4.08. The molecule has 1 aromatic rings. The lowest BCUT2D eigenvalue weighted by Gasteiger charge is -2.18. The van der Waals surface area contributed by atoms with E-state index in [0.29, 0.717) is 12.0 Å². The van der Waals surface area contributed by atoms with Gasteiger partial charge in [0.15, 0.2) is 0 Å². The minimum atomic E-state index is -0.360. The van der Waals surface area contributed by atoms with E-state index in [0.717, 1.165) is 5.69 Å². The Morgan fingerprint density at radius 1 is 1.40 bits per heavy atom. The monoisotopic (exact) mass is 227 g/mol. The van der Waals surface area contributed by atoms with E-state index in [2.05, 4.69) is 12.2 Å². The van der Waals surface area contributed by atoms with Gasteiger partial charge in [0.1, 0.15) is 5.82 Å². The number of nitrogens with one attached hydrogen (secondary N) is 1. The van der Waals surface area contributed by atoms with Crippen LogP contribution in [-0.2, 0) is 0 Å². The number of hydrogen-bond acceptors (Lipinski definition) is 1. The standard InChI is InChI=1S/C12H15ClFN/c1-8-3-2-4-12(8)15-9-5-6-11(14)10(13)7-9/h5-8,12,15H,2-4H2,1H3. The lowest BCUT2D eigenvalue weighted by molar-refractivity contribution is 0.556. The molecule has 1 aliphatic rings. The molecule has 1 aliphatic carbocycles. The van der Waals surface area contributed by atoms with Crippen molar-refractivity contribution in [3.05, 3.63) is 29.0 Å². The molecule has 0 aromatic heterocycles. The van der Waals surface area contributed by atoms with Gasteiger partial charge in [-0.2, -0.15) is 0 Å². The van der Waals surface area contributed by atoms with Crippen molar-refractivity contribution in [1.29, 1.82) is 0 Å². The third-order valence-electron chi connectivity index (χ3n) is 3.13. The van der Waals surface area contributed by atoms with E-state index in [1.54, 1.807) is 12.1 Å². The summed E-state index contributed by atoms with van der Waals surface area (Å²) in [7, 11) is 0. The molecule has 0 amide bonds. The molecule has 2 atom stereocenters. The van der Waals surface area contributed by atoms with E-state index in [1.807, 2.05) is 0 Å². The van der Waals surface area contributed by atoms with Crippen molar-refractivity contribution in [2.75, 3.05) is 5.32 Å². The average molecular weight is 228 g/mol. The summed E-state index contributed by atoms with van der Waals surface area (Å²) >= 11 is 5.72. The van der Waals surface area contributed by atoms with Gasteiger partial charge in [-0.05, 0) is 37.0 Å². The van der Waals surface area contributed by atoms with Crippen LogP contribution < -0.4 is 5.32 Å². The van der Waals surface area contributed by atoms with Crippen LogP contribution in [0.5, 0.6) is 0 Å². The van der Waals surface area contributed by atoms with Crippen LogP contribution in [0.25, 0.3) is 0 Å². The van der Waals surface area contributed by atoms with Gasteiger partial charge in [-0.15, -0.1) is 0 Å². The summed E-state index contributed by atoms with van der Waals surface area (Å²) < 4.78 is 12.9. The van der Waals surface area contributed by atoms with Gasteiger partial charge >= 0.3 is 0 Å². The number of rotatable bonds is 2. The highest BCUT2D eigenvalue weighted by Crippen LogP contribution is 2.29. The molecule has 0 bridgehead atoms. The molecule has 0 heterocycles. The molecule has 82 valence electrons. The quantitative estimate of drug-likeness (QED) is 0.803. The lowest BCUT2D eigenvalue weighted by atomic mass is 10.1. The SMILES string of the molecule is CC1CCCC1Nc1ccc(F)c(Cl)c1. The Labute approximate surface area is 94.6 Å². The maximum Gasteiger partial charge on any atom is 0.141 e. The highest BCUT2D eigenvalue weighted by molar-refractivity contribution is 6.31. The van der Waals surface area contributed by atoms with Gasteiger partial charge in [-0.3, -0.25) is 0 Å². The molecule has 0 aliphatic heterocycles. The molecule has 1 nitrogen and oxygen atoms in total. The highest BCUT2D eigenvalue weighted by atomic mass is 35.5. The molecule has 2 rings (SSSR count). The van der Waals surface area contributed by atoms with E-state index in [4.69, 9.17) is 11.6 Å². The van der Waals surface area contributed by atoms with Gasteiger partial charge in [0, 0.05) is 11.7 Å². The van der Waals surface area contributed by atoms with Crippen LogP contribution in [0.3, 0.4) is 0 Å². The van der Waals surface area contributed by atoms with Crippen molar-refractivity contribution < 1.29 is 4.39 Å². The third-order valence-corrected chi connectivity index (χ3v) is 3.42. The van der Waals surface area contributed by atoms with Gasteiger partial charge in [0.25, 0.3) is 0 Å². The number of anilines is 1. The van der Waals surface area contributed by atoms with Crippen LogP contribution in [0.2, 0.25) is 5.02 Å². The minimum absolute atomic E-state index is 0.186. The average Bonchev–Trinajstić information content (AvgIpc) is 2.59. The Hall–Kier alpha value is -0.760. The molecular weight excluding hydrogens is 213 g/mol. The van der Waals surface area contributed by atoms with E-state index < -0.39 is 0 Å². The molecule has 1 saturated carbocycles. The molecule has 15 heavy (non-hydrogen) atoms. The largest absolute Gasteiger partial charge is 0.382 e. The Morgan fingerprint density at radius 3 is 2.80 bits per heavy atom. The van der Waals surface area contributed by atoms with E-state index in [9.17, 15) is 4.39 Å². The molecule has 2 unspecified atom stereocenters. The second-order valence-corrected chi connectivity index (χ2v) is 4.70. The second-order valence-electron chi connectivity index (χ2n) is 4.29. The molecule has 1 N–H and O–H groups in total. The number of halogens is 2. The van der Waals surface area contributed by atoms with E-state index in [1.165, 1.54) is 25.3 Å². The zero-order valence-corrected chi connectivity index (χ0v) is 9.52. The summed E-state index contributed by atoms with van der Waals surface area (Å²) in [5, 5.41) is 3.59. The van der Waals surface area contributed by atoms with Crippen molar-refractivity contribution in [2.45, 2.75) is 32.2 Å². The van der Waals surface area contributed by atoms with Crippen LogP contribution in [0, 0.1) is 11.7 Å². The molecule has 0 spiro atoms. The molecular formula is C12H15ClFN.